The zero-order chi connectivity index (χ0) is 24.8. The van der Waals surface area contributed by atoms with E-state index < -0.39 is 17.8 Å². The number of hydrogen-bond donors (Lipinski definition) is 1. The molecule has 1 aliphatic heterocycles. The van der Waals surface area contributed by atoms with Crippen LogP contribution >= 0.6 is 11.6 Å². The average molecular weight is 487 g/mol. The molecule has 3 aromatic carbocycles. The van der Waals surface area contributed by atoms with E-state index in [1.807, 2.05) is 12.1 Å². The third-order valence-corrected chi connectivity index (χ3v) is 5.26. The lowest BCUT2D eigenvalue weighted by molar-refractivity contribution is -0.122. The Morgan fingerprint density at radius 3 is 2.40 bits per heavy atom. The zero-order valence-electron chi connectivity index (χ0n) is 18.4. The van der Waals surface area contributed by atoms with Crippen LogP contribution in [0.3, 0.4) is 0 Å². The van der Waals surface area contributed by atoms with Crippen LogP contribution in [0.5, 0.6) is 11.5 Å². The molecule has 0 aromatic heterocycles. The standard InChI is InChI=1S/C27H19ClN2O5/c1-2-14-34-23-5-3-4-19(15-23)16-24-25(31)29-27(33)30(26(24)32)21-10-12-22(13-11-21)35-17-18-6-8-20(28)9-7-18/h1,3-13,15-16H,14,17H2,(H,29,31,33)/b24-16-. The van der Waals surface area contributed by atoms with Gasteiger partial charge in [-0.3, -0.25) is 14.9 Å². The Morgan fingerprint density at radius 1 is 0.943 bits per heavy atom. The second kappa shape index (κ2) is 10.6. The number of carbonyl (C=O) groups is 3. The van der Waals surface area contributed by atoms with Gasteiger partial charge in [0.05, 0.1) is 5.69 Å². The summed E-state index contributed by atoms with van der Waals surface area (Å²) in [6, 6.07) is 19.6. The van der Waals surface area contributed by atoms with Crippen LogP contribution in [0.15, 0.2) is 78.4 Å². The van der Waals surface area contributed by atoms with Crippen molar-refractivity contribution in [3.8, 4) is 23.8 Å². The van der Waals surface area contributed by atoms with Crippen molar-refractivity contribution in [2.75, 3.05) is 11.5 Å². The Balaban J connectivity index is 1.51. The number of urea groups is 1. The van der Waals surface area contributed by atoms with E-state index in [1.54, 1.807) is 60.7 Å². The first-order valence-electron chi connectivity index (χ1n) is 10.5. The summed E-state index contributed by atoms with van der Waals surface area (Å²) in [4.78, 5) is 38.9. The van der Waals surface area contributed by atoms with Crippen molar-refractivity contribution in [1.29, 1.82) is 0 Å². The molecule has 4 amide bonds. The molecule has 1 aliphatic rings. The summed E-state index contributed by atoms with van der Waals surface area (Å²) in [6.07, 6.45) is 6.60. The highest BCUT2D eigenvalue weighted by molar-refractivity contribution is 6.39. The van der Waals surface area contributed by atoms with Crippen molar-refractivity contribution in [1.82, 2.24) is 5.32 Å². The first kappa shape index (κ1) is 23.6. The summed E-state index contributed by atoms with van der Waals surface area (Å²) in [6.45, 7) is 0.409. The molecule has 0 bridgehead atoms. The van der Waals surface area contributed by atoms with Crippen LogP contribution in [-0.4, -0.2) is 24.5 Å². The van der Waals surface area contributed by atoms with Gasteiger partial charge in [-0.2, -0.15) is 0 Å². The lowest BCUT2D eigenvalue weighted by atomic mass is 10.1. The van der Waals surface area contributed by atoms with Gasteiger partial charge < -0.3 is 9.47 Å². The molecule has 174 valence electrons. The Morgan fingerprint density at radius 2 is 1.69 bits per heavy atom. The number of terminal acetylenes is 1. The molecular formula is C27H19ClN2O5. The minimum atomic E-state index is -0.835. The highest BCUT2D eigenvalue weighted by Gasteiger charge is 2.36. The first-order valence-corrected chi connectivity index (χ1v) is 10.9. The van der Waals surface area contributed by atoms with Gasteiger partial charge in [0.1, 0.15) is 30.3 Å². The van der Waals surface area contributed by atoms with Crippen molar-refractivity contribution in [2.45, 2.75) is 6.61 Å². The molecule has 0 spiro atoms. The third-order valence-electron chi connectivity index (χ3n) is 5.01. The molecule has 0 unspecified atom stereocenters. The van der Waals surface area contributed by atoms with Gasteiger partial charge in [-0.25, -0.2) is 9.69 Å². The molecule has 1 saturated heterocycles. The smallest absolute Gasteiger partial charge is 0.335 e. The van der Waals surface area contributed by atoms with Gasteiger partial charge in [0, 0.05) is 5.02 Å². The van der Waals surface area contributed by atoms with Crippen molar-refractivity contribution < 1.29 is 23.9 Å². The summed E-state index contributed by atoms with van der Waals surface area (Å²) >= 11 is 5.89. The summed E-state index contributed by atoms with van der Waals surface area (Å²) in [5, 5.41) is 2.84. The molecule has 35 heavy (non-hydrogen) atoms. The van der Waals surface area contributed by atoms with E-state index in [0.29, 0.717) is 28.7 Å². The van der Waals surface area contributed by atoms with Gasteiger partial charge in [0.15, 0.2) is 0 Å². The van der Waals surface area contributed by atoms with Crippen LogP contribution < -0.4 is 19.7 Å². The van der Waals surface area contributed by atoms with Crippen LogP contribution in [-0.2, 0) is 16.2 Å². The van der Waals surface area contributed by atoms with E-state index in [4.69, 9.17) is 27.5 Å². The molecular weight excluding hydrogens is 468 g/mol. The number of hydrogen-bond acceptors (Lipinski definition) is 5. The molecule has 0 atom stereocenters. The fourth-order valence-electron chi connectivity index (χ4n) is 3.32. The lowest BCUT2D eigenvalue weighted by Gasteiger charge is -2.26. The quantitative estimate of drug-likeness (QED) is 0.300. The number of rotatable bonds is 7. The largest absolute Gasteiger partial charge is 0.489 e. The van der Waals surface area contributed by atoms with Gasteiger partial charge in [-0.1, -0.05) is 41.8 Å². The van der Waals surface area contributed by atoms with Crippen molar-refractivity contribution >= 4 is 41.2 Å². The molecule has 0 radical (unpaired) electrons. The van der Waals surface area contributed by atoms with Gasteiger partial charge in [0.2, 0.25) is 0 Å². The van der Waals surface area contributed by atoms with E-state index in [-0.39, 0.29) is 17.9 Å². The predicted molar refractivity (Wildman–Crippen MR) is 132 cm³/mol. The molecule has 1 heterocycles. The van der Waals surface area contributed by atoms with Crippen molar-refractivity contribution in [3.05, 3.63) is 94.5 Å². The molecule has 7 nitrogen and oxygen atoms in total. The summed E-state index contributed by atoms with van der Waals surface area (Å²) in [5.41, 5.74) is 1.57. The highest BCUT2D eigenvalue weighted by Crippen LogP contribution is 2.25. The number of imide groups is 2. The van der Waals surface area contributed by atoms with Crippen LogP contribution in [0.2, 0.25) is 5.02 Å². The van der Waals surface area contributed by atoms with E-state index >= 15 is 0 Å². The molecule has 1 fully saturated rings. The number of nitrogens with zero attached hydrogens (tertiary/aromatic N) is 1. The Hall–Kier alpha value is -4.54. The average Bonchev–Trinajstić information content (AvgIpc) is 2.86. The number of anilines is 1. The number of amides is 4. The summed E-state index contributed by atoms with van der Waals surface area (Å²) < 4.78 is 11.1. The first-order chi connectivity index (χ1) is 16.9. The van der Waals surface area contributed by atoms with Crippen molar-refractivity contribution in [2.24, 2.45) is 0 Å². The Bertz CT molecular complexity index is 1340. The van der Waals surface area contributed by atoms with Crippen LogP contribution in [0.4, 0.5) is 10.5 Å². The third kappa shape index (κ3) is 5.69. The second-order valence-electron chi connectivity index (χ2n) is 7.43. The van der Waals surface area contributed by atoms with Gasteiger partial charge in [0.25, 0.3) is 11.8 Å². The van der Waals surface area contributed by atoms with E-state index in [1.165, 1.54) is 6.08 Å². The maximum Gasteiger partial charge on any atom is 0.335 e. The van der Waals surface area contributed by atoms with Gasteiger partial charge >= 0.3 is 6.03 Å². The van der Waals surface area contributed by atoms with Crippen LogP contribution in [0.1, 0.15) is 11.1 Å². The lowest BCUT2D eigenvalue weighted by Crippen LogP contribution is -2.54. The van der Waals surface area contributed by atoms with E-state index in [2.05, 4.69) is 11.2 Å². The maximum absolute atomic E-state index is 13.1. The molecule has 4 rings (SSSR count). The minimum Gasteiger partial charge on any atom is -0.489 e. The molecule has 3 aromatic rings. The number of carbonyl (C=O) groups excluding carboxylic acids is 3. The molecule has 8 heteroatoms. The number of ether oxygens (including phenoxy) is 2. The summed E-state index contributed by atoms with van der Waals surface area (Å²) in [5.74, 6) is 1.87. The van der Waals surface area contributed by atoms with E-state index in [9.17, 15) is 14.4 Å². The van der Waals surface area contributed by atoms with Crippen LogP contribution in [0.25, 0.3) is 6.08 Å². The molecule has 0 aliphatic carbocycles. The van der Waals surface area contributed by atoms with Crippen molar-refractivity contribution in [3.63, 3.8) is 0 Å². The van der Waals surface area contributed by atoms with Crippen LogP contribution in [0, 0.1) is 12.3 Å². The second-order valence-corrected chi connectivity index (χ2v) is 7.87. The maximum atomic E-state index is 13.1. The number of nitrogens with one attached hydrogen (secondary N) is 1. The normalized spacial score (nSPS) is 14.5. The zero-order valence-corrected chi connectivity index (χ0v) is 19.1. The SMILES string of the molecule is C#CCOc1cccc(/C=C2/C(=O)NC(=O)N(c3ccc(OCc4ccc(Cl)cc4)cc3)C2=O)c1. The summed E-state index contributed by atoms with van der Waals surface area (Å²) in [7, 11) is 0. The minimum absolute atomic E-state index is 0.0845. The predicted octanol–water partition coefficient (Wildman–Crippen LogP) is 4.60. The number of benzene rings is 3. The fourth-order valence-corrected chi connectivity index (χ4v) is 3.44. The van der Waals surface area contributed by atoms with E-state index in [0.717, 1.165) is 10.5 Å². The number of barbiturate groups is 1. The Kier molecular flexibility index (Phi) is 7.15. The topological polar surface area (TPSA) is 84.9 Å². The molecule has 1 N–H and O–H groups in total. The Labute approximate surface area is 206 Å². The number of halogens is 1. The fraction of sp³-hybridized carbons (Fsp3) is 0.0741. The van der Waals surface area contributed by atoms with Gasteiger partial charge in [-0.05, 0) is 65.7 Å². The monoisotopic (exact) mass is 486 g/mol. The highest BCUT2D eigenvalue weighted by atomic mass is 35.5. The van der Waals surface area contributed by atoms with Gasteiger partial charge in [-0.15, -0.1) is 6.42 Å². The molecule has 0 saturated carbocycles.